The van der Waals surface area contributed by atoms with E-state index in [-0.39, 0.29) is 6.61 Å². The van der Waals surface area contributed by atoms with E-state index in [0.29, 0.717) is 12.8 Å². The quantitative estimate of drug-likeness (QED) is 0.609. The summed E-state index contributed by atoms with van der Waals surface area (Å²) in [6.07, 6.45) is -1.47. The molecule has 0 aromatic rings. The van der Waals surface area contributed by atoms with Crippen LogP contribution in [-0.2, 0) is 4.74 Å². The maximum atomic E-state index is 12.1. The lowest BCUT2D eigenvalue weighted by Crippen LogP contribution is -2.49. The van der Waals surface area contributed by atoms with Crippen molar-refractivity contribution in [1.29, 1.82) is 0 Å². The van der Waals surface area contributed by atoms with Crippen molar-refractivity contribution in [1.82, 2.24) is 4.90 Å². The molecule has 18 heavy (non-hydrogen) atoms. The molecule has 1 aliphatic carbocycles. The van der Waals surface area contributed by atoms with E-state index < -0.39 is 35.5 Å². The number of aliphatic hydroxyl groups is 3. The zero-order chi connectivity index (χ0) is 13.7. The van der Waals surface area contributed by atoms with E-state index in [1.54, 1.807) is 20.8 Å². The number of carbonyl (C=O) groups excluding carboxylic acids is 1. The highest BCUT2D eigenvalue weighted by Crippen LogP contribution is 2.52. The second kappa shape index (κ2) is 4.08. The van der Waals surface area contributed by atoms with E-state index in [4.69, 9.17) is 4.74 Å². The Bertz CT molecular complexity index is 347. The van der Waals surface area contributed by atoms with Crippen molar-refractivity contribution in [2.45, 2.75) is 63.0 Å². The van der Waals surface area contributed by atoms with Crippen molar-refractivity contribution < 1.29 is 24.9 Å². The number of ether oxygens (including phenoxy) is 1. The van der Waals surface area contributed by atoms with Crippen LogP contribution < -0.4 is 0 Å². The van der Waals surface area contributed by atoms with Crippen LogP contribution in [-0.4, -0.2) is 62.3 Å². The Kier molecular flexibility index (Phi) is 3.08. The third-order valence-electron chi connectivity index (χ3n) is 3.62. The highest BCUT2D eigenvalue weighted by molar-refractivity contribution is 5.71. The van der Waals surface area contributed by atoms with Gasteiger partial charge >= 0.3 is 6.09 Å². The molecule has 1 saturated heterocycles. The molecule has 6 heteroatoms. The number of hydrogen-bond acceptors (Lipinski definition) is 5. The Morgan fingerprint density at radius 3 is 2.33 bits per heavy atom. The lowest BCUT2D eigenvalue weighted by molar-refractivity contribution is -0.00274. The zero-order valence-electron chi connectivity index (χ0n) is 11.0. The minimum Gasteiger partial charge on any atom is -0.444 e. The fourth-order valence-electron chi connectivity index (χ4n) is 2.64. The fourth-order valence-corrected chi connectivity index (χ4v) is 2.64. The molecule has 0 aromatic heterocycles. The lowest BCUT2D eigenvalue weighted by atomic mass is 10.1. The lowest BCUT2D eigenvalue weighted by Gasteiger charge is -2.32. The maximum absolute atomic E-state index is 12.1. The molecule has 2 aliphatic rings. The molecule has 3 unspecified atom stereocenters. The summed E-state index contributed by atoms with van der Waals surface area (Å²) in [6.45, 7) is 4.86. The Morgan fingerprint density at radius 1 is 1.39 bits per heavy atom. The molecule has 104 valence electrons. The number of carbonyl (C=O) groups is 1. The predicted octanol–water partition coefficient (Wildman–Crippen LogP) is -0.148. The van der Waals surface area contributed by atoms with Gasteiger partial charge in [0.15, 0.2) is 0 Å². The topological polar surface area (TPSA) is 90.2 Å². The van der Waals surface area contributed by atoms with Crippen LogP contribution in [0.4, 0.5) is 4.79 Å². The number of rotatable bonds is 1. The van der Waals surface area contributed by atoms with Crippen molar-refractivity contribution >= 4 is 6.09 Å². The summed E-state index contributed by atoms with van der Waals surface area (Å²) in [5, 5.41) is 29.2. The number of nitrogens with zero attached hydrogens (tertiary/aromatic N) is 1. The molecule has 3 N–H and O–H groups in total. The SMILES string of the molecule is CC(C)(C)OC(=O)N1C(CO)C(O)C(O)C12CC2. The molecule has 0 bridgehead atoms. The van der Waals surface area contributed by atoms with Crippen LogP contribution in [0, 0.1) is 0 Å². The van der Waals surface area contributed by atoms with Gasteiger partial charge in [-0.05, 0) is 33.6 Å². The van der Waals surface area contributed by atoms with Crippen LogP contribution in [0.2, 0.25) is 0 Å². The standard InChI is InChI=1S/C12H21NO5/c1-11(2,3)18-10(17)13-7(6-14)8(15)9(16)12(13)4-5-12/h7-9,14-16H,4-6H2,1-3H3. The Morgan fingerprint density at radius 2 is 1.94 bits per heavy atom. The van der Waals surface area contributed by atoms with Gasteiger partial charge in [-0.3, -0.25) is 4.90 Å². The first-order valence-corrected chi connectivity index (χ1v) is 6.22. The van der Waals surface area contributed by atoms with Crippen LogP contribution in [0.3, 0.4) is 0 Å². The van der Waals surface area contributed by atoms with Crippen LogP contribution in [0.25, 0.3) is 0 Å². The van der Waals surface area contributed by atoms with E-state index in [2.05, 4.69) is 0 Å². The molecular formula is C12H21NO5. The van der Waals surface area contributed by atoms with E-state index >= 15 is 0 Å². The molecule has 1 amide bonds. The molecule has 1 heterocycles. The molecule has 2 rings (SSSR count). The monoisotopic (exact) mass is 259 g/mol. The van der Waals surface area contributed by atoms with Crippen molar-refractivity contribution in [2.24, 2.45) is 0 Å². The molecule has 2 fully saturated rings. The third-order valence-corrected chi connectivity index (χ3v) is 3.62. The molecule has 3 atom stereocenters. The van der Waals surface area contributed by atoms with Gasteiger partial charge < -0.3 is 20.1 Å². The van der Waals surface area contributed by atoms with Gasteiger partial charge in [-0.25, -0.2) is 4.79 Å². The van der Waals surface area contributed by atoms with Crippen LogP contribution in [0.15, 0.2) is 0 Å². The average molecular weight is 259 g/mol. The van der Waals surface area contributed by atoms with Gasteiger partial charge in [0.25, 0.3) is 0 Å². The molecule has 0 aromatic carbocycles. The fraction of sp³-hybridized carbons (Fsp3) is 0.917. The average Bonchev–Trinajstić information content (AvgIpc) is 2.98. The number of amides is 1. The van der Waals surface area contributed by atoms with Gasteiger partial charge in [0.1, 0.15) is 17.8 Å². The van der Waals surface area contributed by atoms with Crippen molar-refractivity contribution in [3.63, 3.8) is 0 Å². The van der Waals surface area contributed by atoms with E-state index in [1.165, 1.54) is 4.90 Å². The third kappa shape index (κ3) is 1.98. The summed E-state index contributed by atoms with van der Waals surface area (Å²) in [5.41, 5.74) is -1.39. The Labute approximate surface area is 106 Å². The van der Waals surface area contributed by atoms with Gasteiger partial charge in [0, 0.05) is 0 Å². The highest BCUT2D eigenvalue weighted by atomic mass is 16.6. The number of aliphatic hydroxyl groups excluding tert-OH is 3. The van der Waals surface area contributed by atoms with Gasteiger partial charge in [-0.1, -0.05) is 0 Å². The van der Waals surface area contributed by atoms with Crippen molar-refractivity contribution in [3.05, 3.63) is 0 Å². The molecular weight excluding hydrogens is 238 g/mol. The van der Waals surface area contributed by atoms with E-state index in [0.717, 1.165) is 0 Å². The molecule has 1 saturated carbocycles. The normalized spacial score (nSPS) is 33.9. The summed E-state index contributed by atoms with van der Waals surface area (Å²) in [5.74, 6) is 0. The van der Waals surface area contributed by atoms with Gasteiger partial charge in [0.05, 0.1) is 18.2 Å². The van der Waals surface area contributed by atoms with Crippen LogP contribution in [0.5, 0.6) is 0 Å². The maximum Gasteiger partial charge on any atom is 0.411 e. The first-order chi connectivity index (χ1) is 8.23. The molecule has 1 spiro atoms. The summed E-state index contributed by atoms with van der Waals surface area (Å²) < 4.78 is 5.28. The first-order valence-electron chi connectivity index (χ1n) is 6.22. The highest BCUT2D eigenvalue weighted by Gasteiger charge is 2.67. The predicted molar refractivity (Wildman–Crippen MR) is 62.9 cm³/mol. The molecule has 1 aliphatic heterocycles. The largest absolute Gasteiger partial charge is 0.444 e. The summed E-state index contributed by atoms with van der Waals surface area (Å²) in [7, 11) is 0. The van der Waals surface area contributed by atoms with E-state index in [1.807, 2.05) is 0 Å². The van der Waals surface area contributed by atoms with Gasteiger partial charge in [-0.2, -0.15) is 0 Å². The number of hydrogen-bond donors (Lipinski definition) is 3. The Balaban J connectivity index is 2.22. The van der Waals surface area contributed by atoms with Crippen molar-refractivity contribution in [2.75, 3.05) is 6.61 Å². The van der Waals surface area contributed by atoms with E-state index in [9.17, 15) is 20.1 Å². The van der Waals surface area contributed by atoms with Gasteiger partial charge in [0.2, 0.25) is 0 Å². The minimum absolute atomic E-state index is 0.390. The summed E-state index contributed by atoms with van der Waals surface area (Å²) in [6, 6.07) is -0.794. The minimum atomic E-state index is -1.12. The smallest absolute Gasteiger partial charge is 0.411 e. The second-order valence-corrected chi connectivity index (χ2v) is 6.14. The summed E-state index contributed by atoms with van der Waals surface area (Å²) >= 11 is 0. The first kappa shape index (κ1) is 13.6. The van der Waals surface area contributed by atoms with Gasteiger partial charge in [-0.15, -0.1) is 0 Å². The number of likely N-dealkylation sites (tertiary alicyclic amines) is 1. The second-order valence-electron chi connectivity index (χ2n) is 6.14. The Hall–Kier alpha value is -0.850. The zero-order valence-corrected chi connectivity index (χ0v) is 11.0. The molecule has 0 radical (unpaired) electrons. The van der Waals surface area contributed by atoms with Crippen LogP contribution in [0.1, 0.15) is 33.6 Å². The van der Waals surface area contributed by atoms with Crippen LogP contribution >= 0.6 is 0 Å². The summed E-state index contributed by atoms with van der Waals surface area (Å²) in [4.78, 5) is 13.5. The molecule has 6 nitrogen and oxygen atoms in total. The van der Waals surface area contributed by atoms with Crippen molar-refractivity contribution in [3.8, 4) is 0 Å².